The van der Waals surface area contributed by atoms with Crippen molar-refractivity contribution in [3.8, 4) is 5.75 Å². The molecular formula is C13H18FN3O3. The highest BCUT2D eigenvalue weighted by atomic mass is 19.1. The molecule has 3 amide bonds. The first-order valence-corrected chi connectivity index (χ1v) is 6.19. The van der Waals surface area contributed by atoms with E-state index in [-0.39, 0.29) is 5.75 Å². The highest BCUT2D eigenvalue weighted by Crippen LogP contribution is 2.18. The minimum absolute atomic E-state index is 0.213. The molecule has 0 saturated carbocycles. The zero-order chi connectivity index (χ0) is 15.1. The molecule has 0 aliphatic carbocycles. The molecule has 0 spiro atoms. The number of carbonyl (C=O) groups excluding carboxylic acids is 2. The predicted octanol–water partition coefficient (Wildman–Crippen LogP) is 0.897. The number of hydrogen-bond acceptors (Lipinski definition) is 4. The van der Waals surface area contributed by atoms with E-state index in [1.165, 1.54) is 19.1 Å². The Morgan fingerprint density at radius 2 is 2.10 bits per heavy atom. The summed E-state index contributed by atoms with van der Waals surface area (Å²) in [6, 6.07) is 3.21. The zero-order valence-corrected chi connectivity index (χ0v) is 11.4. The van der Waals surface area contributed by atoms with Crippen LogP contribution < -0.4 is 21.1 Å². The van der Waals surface area contributed by atoms with E-state index in [9.17, 15) is 14.0 Å². The normalized spacial score (nSPS) is 11.8. The molecule has 0 aliphatic rings. The fourth-order valence-corrected chi connectivity index (χ4v) is 1.54. The number of ether oxygens (including phenoxy) is 1. The van der Waals surface area contributed by atoms with Gasteiger partial charge in [-0.3, -0.25) is 10.1 Å². The lowest BCUT2D eigenvalue weighted by molar-refractivity contribution is -0.126. The summed E-state index contributed by atoms with van der Waals surface area (Å²) in [7, 11) is 0. The molecule has 4 N–H and O–H groups in total. The van der Waals surface area contributed by atoms with E-state index in [1.807, 2.05) is 12.2 Å². The molecule has 1 aromatic carbocycles. The highest BCUT2D eigenvalue weighted by Gasteiger charge is 2.16. The summed E-state index contributed by atoms with van der Waals surface area (Å²) in [5, 5.41) is 4.95. The molecule has 1 rings (SSSR count). The van der Waals surface area contributed by atoms with Gasteiger partial charge in [0.2, 0.25) is 0 Å². The van der Waals surface area contributed by atoms with E-state index >= 15 is 0 Å². The van der Waals surface area contributed by atoms with E-state index in [0.717, 1.165) is 6.54 Å². The molecule has 0 bridgehead atoms. The van der Waals surface area contributed by atoms with Gasteiger partial charge < -0.3 is 15.8 Å². The van der Waals surface area contributed by atoms with Gasteiger partial charge in [-0.15, -0.1) is 0 Å². The summed E-state index contributed by atoms with van der Waals surface area (Å²) in [5.74, 6) is -0.932. The van der Waals surface area contributed by atoms with E-state index in [2.05, 4.69) is 5.32 Å². The molecule has 7 heteroatoms. The van der Waals surface area contributed by atoms with Crippen molar-refractivity contribution in [2.24, 2.45) is 5.73 Å². The highest BCUT2D eigenvalue weighted by molar-refractivity contribution is 5.95. The summed E-state index contributed by atoms with van der Waals surface area (Å²) in [6.07, 6.45) is -0.962. The maximum atomic E-state index is 13.4. The second kappa shape index (κ2) is 7.44. The number of imide groups is 1. The standard InChI is InChI=1S/C13H18FN3O3/c1-3-16-7-9-4-10(14)6-11(5-9)20-8(2)12(18)17-13(15)19/h4-6,8,16H,3,7H2,1-2H3,(H3,15,17,18,19). The number of nitrogens with one attached hydrogen (secondary N) is 2. The van der Waals surface area contributed by atoms with E-state index in [1.54, 1.807) is 6.07 Å². The van der Waals surface area contributed by atoms with Crippen LogP contribution in [0, 0.1) is 5.82 Å². The number of carbonyl (C=O) groups is 2. The average molecular weight is 283 g/mol. The van der Waals surface area contributed by atoms with Crippen LogP contribution in [0.25, 0.3) is 0 Å². The van der Waals surface area contributed by atoms with Crippen LogP contribution in [0.2, 0.25) is 0 Å². The summed E-state index contributed by atoms with van der Waals surface area (Å²) in [5.41, 5.74) is 5.53. The molecule has 0 saturated heterocycles. The van der Waals surface area contributed by atoms with Crippen LogP contribution in [0.1, 0.15) is 19.4 Å². The first-order valence-electron chi connectivity index (χ1n) is 6.19. The van der Waals surface area contributed by atoms with Crippen LogP contribution in [-0.4, -0.2) is 24.6 Å². The van der Waals surface area contributed by atoms with Crippen molar-refractivity contribution in [3.05, 3.63) is 29.6 Å². The van der Waals surface area contributed by atoms with Gasteiger partial charge in [0.15, 0.2) is 6.10 Å². The number of rotatable bonds is 6. The molecule has 0 aliphatic heterocycles. The third-order valence-corrected chi connectivity index (χ3v) is 2.44. The van der Waals surface area contributed by atoms with Crippen LogP contribution in [0.3, 0.4) is 0 Å². The number of urea groups is 1. The van der Waals surface area contributed by atoms with Gasteiger partial charge in [0, 0.05) is 12.6 Å². The smallest absolute Gasteiger partial charge is 0.318 e. The Balaban J connectivity index is 2.73. The summed E-state index contributed by atoms with van der Waals surface area (Å²) < 4.78 is 18.7. The van der Waals surface area contributed by atoms with Gasteiger partial charge in [0.1, 0.15) is 11.6 Å². The Labute approximate surface area is 116 Å². The molecule has 0 heterocycles. The molecule has 1 aromatic rings. The van der Waals surface area contributed by atoms with Crippen LogP contribution in [-0.2, 0) is 11.3 Å². The van der Waals surface area contributed by atoms with Crippen molar-refractivity contribution in [1.82, 2.24) is 10.6 Å². The third kappa shape index (κ3) is 5.23. The Kier molecular flexibility index (Phi) is 5.92. The van der Waals surface area contributed by atoms with Crippen LogP contribution >= 0.6 is 0 Å². The van der Waals surface area contributed by atoms with Gasteiger partial charge in [-0.25, -0.2) is 9.18 Å². The van der Waals surface area contributed by atoms with Gasteiger partial charge in [0.05, 0.1) is 0 Å². The maximum absolute atomic E-state index is 13.4. The Bertz CT molecular complexity index is 494. The minimum Gasteiger partial charge on any atom is -0.481 e. The molecule has 0 aromatic heterocycles. The summed E-state index contributed by atoms with van der Waals surface area (Å²) >= 11 is 0. The molecule has 1 atom stereocenters. The van der Waals surface area contributed by atoms with Crippen molar-refractivity contribution in [3.63, 3.8) is 0 Å². The summed E-state index contributed by atoms with van der Waals surface area (Å²) in [6.45, 7) is 4.62. The number of primary amides is 1. The van der Waals surface area contributed by atoms with Crippen LogP contribution in [0.4, 0.5) is 9.18 Å². The van der Waals surface area contributed by atoms with Crippen molar-refractivity contribution < 1.29 is 18.7 Å². The minimum atomic E-state index is -0.962. The fraction of sp³-hybridized carbons (Fsp3) is 0.385. The average Bonchev–Trinajstić information content (AvgIpc) is 2.34. The predicted molar refractivity (Wildman–Crippen MR) is 71.6 cm³/mol. The van der Waals surface area contributed by atoms with Crippen LogP contribution in [0.5, 0.6) is 5.75 Å². The second-order valence-corrected chi connectivity index (χ2v) is 4.19. The largest absolute Gasteiger partial charge is 0.481 e. The molecular weight excluding hydrogens is 265 g/mol. The zero-order valence-electron chi connectivity index (χ0n) is 11.4. The quantitative estimate of drug-likeness (QED) is 0.723. The number of halogens is 1. The first kappa shape index (κ1) is 15.9. The van der Waals surface area contributed by atoms with Gasteiger partial charge in [0.25, 0.3) is 5.91 Å². The monoisotopic (exact) mass is 283 g/mol. The topological polar surface area (TPSA) is 93.4 Å². The summed E-state index contributed by atoms with van der Waals surface area (Å²) in [4.78, 5) is 22.0. The molecule has 0 radical (unpaired) electrons. The maximum Gasteiger partial charge on any atom is 0.318 e. The molecule has 0 fully saturated rings. The lowest BCUT2D eigenvalue weighted by atomic mass is 10.2. The molecule has 20 heavy (non-hydrogen) atoms. The second-order valence-electron chi connectivity index (χ2n) is 4.19. The van der Waals surface area contributed by atoms with Crippen molar-refractivity contribution >= 4 is 11.9 Å². The molecule has 6 nitrogen and oxygen atoms in total. The molecule has 1 unspecified atom stereocenters. The lowest BCUT2D eigenvalue weighted by Gasteiger charge is -2.14. The van der Waals surface area contributed by atoms with E-state index in [0.29, 0.717) is 12.1 Å². The lowest BCUT2D eigenvalue weighted by Crippen LogP contribution is -2.42. The Morgan fingerprint density at radius 3 is 2.70 bits per heavy atom. The van der Waals surface area contributed by atoms with Gasteiger partial charge in [-0.1, -0.05) is 6.92 Å². The van der Waals surface area contributed by atoms with Crippen LogP contribution in [0.15, 0.2) is 18.2 Å². The number of amides is 3. The van der Waals surface area contributed by atoms with E-state index in [4.69, 9.17) is 10.5 Å². The van der Waals surface area contributed by atoms with Crippen molar-refractivity contribution in [1.29, 1.82) is 0 Å². The Morgan fingerprint density at radius 1 is 1.40 bits per heavy atom. The number of hydrogen-bond donors (Lipinski definition) is 3. The SMILES string of the molecule is CCNCc1cc(F)cc(OC(C)C(=O)NC(N)=O)c1. The van der Waals surface area contributed by atoms with Crippen molar-refractivity contribution in [2.45, 2.75) is 26.5 Å². The van der Waals surface area contributed by atoms with Crippen molar-refractivity contribution in [2.75, 3.05) is 6.54 Å². The van der Waals surface area contributed by atoms with Gasteiger partial charge in [-0.05, 0) is 31.2 Å². The number of benzene rings is 1. The van der Waals surface area contributed by atoms with Gasteiger partial charge in [-0.2, -0.15) is 0 Å². The van der Waals surface area contributed by atoms with E-state index < -0.39 is 23.9 Å². The number of nitrogens with two attached hydrogens (primary N) is 1. The Hall–Kier alpha value is -2.15. The fourth-order valence-electron chi connectivity index (χ4n) is 1.54. The molecule has 110 valence electrons. The van der Waals surface area contributed by atoms with Gasteiger partial charge >= 0.3 is 6.03 Å². The third-order valence-electron chi connectivity index (χ3n) is 2.44. The first-order chi connectivity index (χ1) is 9.42.